The van der Waals surface area contributed by atoms with Gasteiger partial charge in [-0.1, -0.05) is 54.1 Å². The molecule has 28 heavy (non-hydrogen) atoms. The highest BCUT2D eigenvalue weighted by Crippen LogP contribution is 2.20. The summed E-state index contributed by atoms with van der Waals surface area (Å²) in [4.78, 5) is 23.8. The molecule has 144 valence electrons. The van der Waals surface area contributed by atoms with Crippen molar-refractivity contribution in [3.63, 3.8) is 0 Å². The van der Waals surface area contributed by atoms with Gasteiger partial charge in [0.25, 0.3) is 10.0 Å². The summed E-state index contributed by atoms with van der Waals surface area (Å²) in [5, 5.41) is 11.4. The Morgan fingerprint density at radius 2 is 1.61 bits per heavy atom. The van der Waals surface area contributed by atoms with Crippen molar-refractivity contribution in [2.75, 3.05) is 0 Å². The summed E-state index contributed by atoms with van der Waals surface area (Å²) in [7, 11) is -4.21. The molecule has 2 N–H and O–H groups in total. The molecule has 0 saturated carbocycles. The lowest BCUT2D eigenvalue weighted by Crippen LogP contribution is -2.40. The van der Waals surface area contributed by atoms with E-state index in [0.29, 0.717) is 16.0 Å². The van der Waals surface area contributed by atoms with Gasteiger partial charge >= 0.3 is 5.97 Å². The molecule has 8 heteroatoms. The number of sulfonamides is 1. The van der Waals surface area contributed by atoms with E-state index in [1.165, 1.54) is 12.1 Å². The van der Waals surface area contributed by atoms with Gasteiger partial charge < -0.3 is 5.11 Å². The number of benzene rings is 3. The van der Waals surface area contributed by atoms with Gasteiger partial charge in [0.05, 0.1) is 4.90 Å². The number of nitrogens with one attached hydrogen (secondary N) is 1. The molecule has 6 nitrogen and oxygen atoms in total. The Hall–Kier alpha value is -2.90. The molecule has 0 bridgehead atoms. The third kappa shape index (κ3) is 4.49. The van der Waals surface area contributed by atoms with E-state index in [1.807, 2.05) is 16.9 Å². The standard InChI is InChI=1S/C20H16ClNO5S/c21-16-8-5-13(6-9-16)11-18(20(24)25)19(23)22-28(26,27)17-10-7-14-3-1-2-4-15(14)12-17/h1-10,12,18H,11H2,(H,22,23)(H,24,25). The summed E-state index contributed by atoms with van der Waals surface area (Å²) in [5.74, 6) is -4.08. The van der Waals surface area contributed by atoms with Crippen molar-refractivity contribution in [1.29, 1.82) is 0 Å². The molecular weight excluding hydrogens is 402 g/mol. The van der Waals surface area contributed by atoms with E-state index < -0.39 is 27.8 Å². The number of hydrogen-bond donors (Lipinski definition) is 2. The molecule has 0 heterocycles. The van der Waals surface area contributed by atoms with Crippen molar-refractivity contribution in [3.8, 4) is 0 Å². The first-order chi connectivity index (χ1) is 13.3. The maximum Gasteiger partial charge on any atom is 0.316 e. The summed E-state index contributed by atoms with van der Waals surface area (Å²) in [5.41, 5.74) is 0.551. The van der Waals surface area contributed by atoms with E-state index in [9.17, 15) is 23.1 Å². The zero-order valence-electron chi connectivity index (χ0n) is 14.5. The number of carboxylic acid groups (broad SMARTS) is 1. The highest BCUT2D eigenvalue weighted by molar-refractivity contribution is 7.90. The Morgan fingerprint density at radius 1 is 0.964 bits per heavy atom. The summed E-state index contributed by atoms with van der Waals surface area (Å²) < 4.78 is 27.0. The van der Waals surface area contributed by atoms with Crippen LogP contribution in [0.4, 0.5) is 0 Å². The van der Waals surface area contributed by atoms with E-state index in [1.54, 1.807) is 42.5 Å². The van der Waals surface area contributed by atoms with Gasteiger partial charge in [-0.2, -0.15) is 0 Å². The van der Waals surface area contributed by atoms with E-state index >= 15 is 0 Å². The second-order valence-electron chi connectivity index (χ2n) is 6.20. The molecule has 0 fully saturated rings. The smallest absolute Gasteiger partial charge is 0.316 e. The first-order valence-corrected chi connectivity index (χ1v) is 10.1. The molecule has 1 unspecified atom stereocenters. The Labute approximate surface area is 166 Å². The molecule has 0 saturated heterocycles. The summed E-state index contributed by atoms with van der Waals surface area (Å²) >= 11 is 5.79. The molecule has 1 atom stereocenters. The number of amides is 1. The van der Waals surface area contributed by atoms with E-state index in [-0.39, 0.29) is 11.3 Å². The third-order valence-electron chi connectivity index (χ3n) is 4.23. The lowest BCUT2D eigenvalue weighted by Gasteiger charge is -2.14. The van der Waals surface area contributed by atoms with Crippen LogP contribution in [0.1, 0.15) is 5.56 Å². The van der Waals surface area contributed by atoms with Crippen molar-refractivity contribution in [1.82, 2.24) is 4.72 Å². The van der Waals surface area contributed by atoms with Gasteiger partial charge in [-0.3, -0.25) is 9.59 Å². The van der Waals surface area contributed by atoms with Crippen LogP contribution in [0.25, 0.3) is 10.8 Å². The molecule has 3 aromatic rings. The minimum absolute atomic E-state index is 0.116. The normalized spacial score (nSPS) is 12.5. The fourth-order valence-corrected chi connectivity index (χ4v) is 3.93. The Balaban J connectivity index is 1.82. The number of carbonyl (C=O) groups excluding carboxylic acids is 1. The fraction of sp³-hybridized carbons (Fsp3) is 0.100. The van der Waals surface area contributed by atoms with Crippen LogP contribution in [-0.4, -0.2) is 25.4 Å². The predicted octanol–water partition coefficient (Wildman–Crippen LogP) is 3.24. The van der Waals surface area contributed by atoms with E-state index in [2.05, 4.69) is 0 Å². The molecule has 0 radical (unpaired) electrons. The van der Waals surface area contributed by atoms with Crippen molar-refractivity contribution in [2.24, 2.45) is 5.92 Å². The maximum atomic E-state index is 12.6. The first-order valence-electron chi connectivity index (χ1n) is 8.29. The van der Waals surface area contributed by atoms with Gasteiger partial charge in [0, 0.05) is 5.02 Å². The largest absolute Gasteiger partial charge is 0.481 e. The molecule has 1 amide bonds. The van der Waals surface area contributed by atoms with Crippen molar-refractivity contribution >= 4 is 44.3 Å². The first kappa shape index (κ1) is 19.9. The highest BCUT2D eigenvalue weighted by atomic mass is 35.5. The van der Waals surface area contributed by atoms with Crippen molar-refractivity contribution in [3.05, 3.63) is 77.3 Å². The number of aliphatic carboxylic acids is 1. The van der Waals surface area contributed by atoms with Crippen LogP contribution < -0.4 is 4.72 Å². The maximum absolute atomic E-state index is 12.6. The van der Waals surface area contributed by atoms with Crippen LogP contribution in [0.2, 0.25) is 5.02 Å². The number of carboxylic acids is 1. The van der Waals surface area contributed by atoms with Crippen LogP contribution in [0.5, 0.6) is 0 Å². The Bertz CT molecular complexity index is 1140. The minimum atomic E-state index is -4.21. The topological polar surface area (TPSA) is 101 Å². The van der Waals surface area contributed by atoms with Gasteiger partial charge in [-0.25, -0.2) is 13.1 Å². The van der Waals surface area contributed by atoms with Crippen LogP contribution in [0, 0.1) is 5.92 Å². The molecule has 0 spiro atoms. The van der Waals surface area contributed by atoms with Gasteiger partial charge in [0.2, 0.25) is 5.91 Å². The lowest BCUT2D eigenvalue weighted by molar-refractivity contribution is -0.146. The average molecular weight is 418 g/mol. The van der Waals surface area contributed by atoms with Crippen LogP contribution in [0.15, 0.2) is 71.6 Å². The quantitative estimate of drug-likeness (QED) is 0.599. The van der Waals surface area contributed by atoms with E-state index in [4.69, 9.17) is 11.6 Å². The van der Waals surface area contributed by atoms with Gasteiger partial charge in [0.15, 0.2) is 0 Å². The molecule has 0 aromatic heterocycles. The van der Waals surface area contributed by atoms with Gasteiger partial charge in [-0.05, 0) is 47.0 Å². The second kappa shape index (κ2) is 8.00. The van der Waals surface area contributed by atoms with Crippen LogP contribution >= 0.6 is 11.6 Å². The Morgan fingerprint density at radius 3 is 2.25 bits per heavy atom. The number of hydrogen-bond acceptors (Lipinski definition) is 4. The number of halogens is 1. The predicted molar refractivity (Wildman–Crippen MR) is 106 cm³/mol. The highest BCUT2D eigenvalue weighted by Gasteiger charge is 2.30. The fourth-order valence-electron chi connectivity index (χ4n) is 2.75. The third-order valence-corrected chi connectivity index (χ3v) is 5.83. The zero-order chi connectivity index (χ0) is 20.3. The molecule has 3 aromatic carbocycles. The van der Waals surface area contributed by atoms with Crippen molar-refractivity contribution < 1.29 is 23.1 Å². The SMILES string of the molecule is O=C(O)C(Cc1ccc(Cl)cc1)C(=O)NS(=O)(=O)c1ccc2ccccc2c1. The summed E-state index contributed by atoms with van der Waals surface area (Å²) in [6.45, 7) is 0. The summed E-state index contributed by atoms with van der Waals surface area (Å²) in [6, 6.07) is 17.9. The van der Waals surface area contributed by atoms with E-state index in [0.717, 1.165) is 5.39 Å². The molecule has 0 aliphatic heterocycles. The monoisotopic (exact) mass is 417 g/mol. The lowest BCUT2D eigenvalue weighted by atomic mass is 9.99. The summed E-state index contributed by atoms with van der Waals surface area (Å²) in [6.07, 6.45) is -0.161. The van der Waals surface area contributed by atoms with Gasteiger partial charge in [0.1, 0.15) is 5.92 Å². The van der Waals surface area contributed by atoms with Crippen LogP contribution in [-0.2, 0) is 26.0 Å². The average Bonchev–Trinajstić information content (AvgIpc) is 2.66. The van der Waals surface area contributed by atoms with Crippen LogP contribution in [0.3, 0.4) is 0 Å². The molecule has 0 aliphatic carbocycles. The molecule has 0 aliphatic rings. The van der Waals surface area contributed by atoms with Crippen molar-refractivity contribution in [2.45, 2.75) is 11.3 Å². The van der Waals surface area contributed by atoms with Gasteiger partial charge in [-0.15, -0.1) is 0 Å². The minimum Gasteiger partial charge on any atom is -0.481 e. The number of fused-ring (bicyclic) bond motifs is 1. The molecular formula is C20H16ClNO5S. The number of carbonyl (C=O) groups is 2. The Kier molecular flexibility index (Phi) is 5.67. The second-order valence-corrected chi connectivity index (χ2v) is 8.32. The zero-order valence-corrected chi connectivity index (χ0v) is 16.1. The number of rotatable bonds is 6. The molecule has 3 rings (SSSR count).